The lowest BCUT2D eigenvalue weighted by Crippen LogP contribution is -2.33. The minimum Gasteiger partial charge on any atom is -0.464 e. The van der Waals surface area contributed by atoms with Gasteiger partial charge in [0.1, 0.15) is 5.75 Å². The Hall–Kier alpha value is -1.78. The maximum atomic E-state index is 12.2. The number of benzene rings is 1. The highest BCUT2D eigenvalue weighted by Crippen LogP contribution is 2.37. The van der Waals surface area contributed by atoms with E-state index in [0.29, 0.717) is 34.3 Å². The molecule has 0 amide bonds. The fraction of sp³-hybridized carbons (Fsp3) is 0.471. The SMILES string of the molecule is CC(O)/C(=C\Oc1ccc(N(N)CCCC(F)(F)F)c(N)c1Br)CCC=N. The quantitative estimate of drug-likeness (QED) is 0.140. The Labute approximate surface area is 164 Å². The lowest BCUT2D eigenvalue weighted by atomic mass is 10.1. The van der Waals surface area contributed by atoms with Crippen molar-refractivity contribution in [1.82, 2.24) is 0 Å². The number of aliphatic hydroxyl groups excluding tert-OH is 1. The van der Waals surface area contributed by atoms with Crippen LogP contribution in [0.4, 0.5) is 24.5 Å². The summed E-state index contributed by atoms with van der Waals surface area (Å²) >= 11 is 3.30. The predicted octanol–water partition coefficient (Wildman–Crippen LogP) is 4.13. The molecule has 1 aromatic rings. The van der Waals surface area contributed by atoms with E-state index in [1.54, 1.807) is 19.1 Å². The summed E-state index contributed by atoms with van der Waals surface area (Å²) in [5.74, 6) is 6.19. The van der Waals surface area contributed by atoms with Crippen molar-refractivity contribution in [2.45, 2.75) is 44.9 Å². The Kier molecular flexibility index (Phi) is 9.07. The summed E-state index contributed by atoms with van der Waals surface area (Å²) in [4.78, 5) is 0. The maximum Gasteiger partial charge on any atom is 0.389 e. The van der Waals surface area contributed by atoms with E-state index >= 15 is 0 Å². The van der Waals surface area contributed by atoms with Crippen molar-refractivity contribution < 1.29 is 23.0 Å². The monoisotopic (exact) mass is 452 g/mol. The van der Waals surface area contributed by atoms with Crippen LogP contribution in [-0.4, -0.2) is 30.1 Å². The van der Waals surface area contributed by atoms with E-state index in [0.717, 1.165) is 5.01 Å². The van der Waals surface area contributed by atoms with Crippen molar-refractivity contribution >= 4 is 33.5 Å². The van der Waals surface area contributed by atoms with Crippen LogP contribution in [0.3, 0.4) is 0 Å². The molecule has 0 radical (unpaired) electrons. The van der Waals surface area contributed by atoms with Gasteiger partial charge in [0.2, 0.25) is 0 Å². The Balaban J connectivity index is 2.86. The van der Waals surface area contributed by atoms with Gasteiger partial charge in [-0.15, -0.1) is 0 Å². The summed E-state index contributed by atoms with van der Waals surface area (Å²) in [5, 5.41) is 18.0. The molecule has 1 unspecified atom stereocenters. The molecule has 0 saturated heterocycles. The minimum atomic E-state index is -4.23. The van der Waals surface area contributed by atoms with Crippen LogP contribution >= 0.6 is 15.9 Å². The molecular weight excluding hydrogens is 429 g/mol. The van der Waals surface area contributed by atoms with Crippen LogP contribution in [0.5, 0.6) is 5.75 Å². The number of hydrogen-bond donors (Lipinski definition) is 4. The van der Waals surface area contributed by atoms with Gasteiger partial charge in [-0.2, -0.15) is 13.2 Å². The molecule has 152 valence electrons. The second-order valence-electron chi connectivity index (χ2n) is 5.95. The van der Waals surface area contributed by atoms with Gasteiger partial charge in [-0.25, -0.2) is 5.84 Å². The number of nitrogens with one attached hydrogen (secondary N) is 1. The molecule has 1 rings (SSSR count). The number of ether oxygens (including phenoxy) is 1. The first-order valence-electron chi connectivity index (χ1n) is 8.26. The van der Waals surface area contributed by atoms with Crippen molar-refractivity contribution in [1.29, 1.82) is 5.41 Å². The van der Waals surface area contributed by atoms with Gasteiger partial charge in [0, 0.05) is 13.0 Å². The van der Waals surface area contributed by atoms with Gasteiger partial charge in [0.25, 0.3) is 0 Å². The van der Waals surface area contributed by atoms with Crippen molar-refractivity contribution in [3.63, 3.8) is 0 Å². The van der Waals surface area contributed by atoms with Crippen molar-refractivity contribution in [3.8, 4) is 5.75 Å². The third kappa shape index (κ3) is 7.77. The fourth-order valence-electron chi connectivity index (χ4n) is 2.22. The van der Waals surface area contributed by atoms with E-state index in [4.69, 9.17) is 21.7 Å². The zero-order chi connectivity index (χ0) is 20.6. The van der Waals surface area contributed by atoms with E-state index in [1.165, 1.54) is 12.5 Å². The number of nitrogens with zero attached hydrogens (tertiary/aromatic N) is 1. The zero-order valence-electron chi connectivity index (χ0n) is 14.9. The normalized spacial score (nSPS) is 13.4. The summed E-state index contributed by atoms with van der Waals surface area (Å²) < 4.78 is 42.7. The van der Waals surface area contributed by atoms with E-state index in [9.17, 15) is 18.3 Å². The number of hydrogen-bond acceptors (Lipinski definition) is 6. The highest BCUT2D eigenvalue weighted by Gasteiger charge is 2.26. The van der Waals surface area contributed by atoms with Crippen LogP contribution in [0.25, 0.3) is 0 Å². The summed E-state index contributed by atoms with van der Waals surface area (Å²) in [7, 11) is 0. The number of alkyl halides is 3. The largest absolute Gasteiger partial charge is 0.464 e. The van der Waals surface area contributed by atoms with Gasteiger partial charge in [-0.3, -0.25) is 0 Å². The fourth-order valence-corrected chi connectivity index (χ4v) is 2.65. The molecule has 6 N–H and O–H groups in total. The number of hydrazine groups is 1. The number of nitrogen functional groups attached to an aromatic ring is 1. The second kappa shape index (κ2) is 10.5. The van der Waals surface area contributed by atoms with Crippen LogP contribution in [0, 0.1) is 5.41 Å². The number of nitrogens with two attached hydrogens (primary N) is 2. The second-order valence-corrected chi connectivity index (χ2v) is 6.74. The Morgan fingerprint density at radius 2 is 2.11 bits per heavy atom. The van der Waals surface area contributed by atoms with E-state index in [-0.39, 0.29) is 18.7 Å². The van der Waals surface area contributed by atoms with Gasteiger partial charge < -0.3 is 26.0 Å². The Morgan fingerprint density at radius 3 is 2.67 bits per heavy atom. The third-order valence-corrected chi connectivity index (χ3v) is 4.56. The average molecular weight is 453 g/mol. The molecule has 6 nitrogen and oxygen atoms in total. The smallest absolute Gasteiger partial charge is 0.389 e. The highest BCUT2D eigenvalue weighted by atomic mass is 79.9. The lowest BCUT2D eigenvalue weighted by Gasteiger charge is -2.22. The summed E-state index contributed by atoms with van der Waals surface area (Å²) in [5.41, 5.74) is 7.23. The first-order chi connectivity index (χ1) is 12.6. The van der Waals surface area contributed by atoms with E-state index in [1.807, 2.05) is 0 Å². The molecule has 10 heteroatoms. The van der Waals surface area contributed by atoms with Gasteiger partial charge >= 0.3 is 6.18 Å². The molecule has 1 atom stereocenters. The molecular formula is C17H24BrF3N4O2. The van der Waals surface area contributed by atoms with Crippen LogP contribution in [-0.2, 0) is 0 Å². The topological polar surface area (TPSA) is 109 Å². The molecule has 0 aliphatic carbocycles. The molecule has 0 saturated carbocycles. The molecule has 0 spiro atoms. The molecule has 0 fully saturated rings. The average Bonchev–Trinajstić information content (AvgIpc) is 2.56. The molecule has 0 aromatic heterocycles. The number of rotatable bonds is 10. The summed E-state index contributed by atoms with van der Waals surface area (Å²) in [6.07, 6.45) is -2.44. The van der Waals surface area contributed by atoms with Crippen molar-refractivity contribution in [3.05, 3.63) is 28.4 Å². The number of anilines is 2. The Bertz CT molecular complexity index is 666. The molecule has 0 aliphatic rings. The first-order valence-corrected chi connectivity index (χ1v) is 9.05. The zero-order valence-corrected chi connectivity index (χ0v) is 16.5. The molecule has 0 aliphatic heterocycles. The van der Waals surface area contributed by atoms with Crippen LogP contribution in [0.15, 0.2) is 28.4 Å². The van der Waals surface area contributed by atoms with Crippen LogP contribution in [0.2, 0.25) is 0 Å². The van der Waals surface area contributed by atoms with E-state index in [2.05, 4.69) is 15.9 Å². The summed E-state index contributed by atoms with van der Waals surface area (Å²) in [6, 6.07) is 3.13. The standard InChI is InChI=1S/C17H24BrF3N4O2/c1-11(26)12(4-2-8-22)10-27-14-6-5-13(16(23)15(14)18)25(24)9-3-7-17(19,20)21/h5-6,8,10-11,22,26H,2-4,7,9,23-24H2,1H3/b12-10-,22-8?. The Morgan fingerprint density at radius 1 is 1.44 bits per heavy atom. The summed E-state index contributed by atoms with van der Waals surface area (Å²) in [6.45, 7) is 1.59. The van der Waals surface area contributed by atoms with Gasteiger partial charge in [0.05, 0.1) is 28.2 Å². The minimum absolute atomic E-state index is 0.00788. The van der Waals surface area contributed by atoms with Crippen molar-refractivity contribution in [2.24, 2.45) is 5.84 Å². The highest BCUT2D eigenvalue weighted by molar-refractivity contribution is 9.10. The van der Waals surface area contributed by atoms with E-state index < -0.39 is 18.7 Å². The van der Waals surface area contributed by atoms with Crippen molar-refractivity contribution in [2.75, 3.05) is 17.3 Å². The molecule has 0 heterocycles. The molecule has 27 heavy (non-hydrogen) atoms. The van der Waals surface area contributed by atoms with Crippen LogP contribution < -0.4 is 21.3 Å². The third-order valence-electron chi connectivity index (χ3n) is 3.74. The van der Waals surface area contributed by atoms with Gasteiger partial charge in [0.15, 0.2) is 0 Å². The maximum absolute atomic E-state index is 12.2. The molecule has 0 bridgehead atoms. The van der Waals surface area contributed by atoms with Gasteiger partial charge in [-0.05, 0) is 66.0 Å². The van der Waals surface area contributed by atoms with Gasteiger partial charge in [-0.1, -0.05) is 0 Å². The first kappa shape index (κ1) is 23.3. The number of halogens is 4. The van der Waals surface area contributed by atoms with Crippen LogP contribution in [0.1, 0.15) is 32.6 Å². The molecule has 1 aromatic carbocycles. The lowest BCUT2D eigenvalue weighted by molar-refractivity contribution is -0.135. The number of aliphatic hydroxyl groups is 1. The predicted molar refractivity (Wildman–Crippen MR) is 104 cm³/mol.